The van der Waals surface area contributed by atoms with Gasteiger partial charge >= 0.3 is 0 Å². The second-order valence-corrected chi connectivity index (χ2v) is 3.96. The van der Waals surface area contributed by atoms with Crippen LogP contribution in [0.2, 0.25) is 0 Å². The lowest BCUT2D eigenvalue weighted by Gasteiger charge is -2.14. The summed E-state index contributed by atoms with van der Waals surface area (Å²) in [5.41, 5.74) is 8.01. The number of nitrogens with one attached hydrogen (secondary N) is 1. The summed E-state index contributed by atoms with van der Waals surface area (Å²) < 4.78 is 10.3. The summed E-state index contributed by atoms with van der Waals surface area (Å²) in [7, 11) is 4.86. The minimum absolute atomic E-state index is 0.250. The number of methoxy groups -OCH3 is 1. The number of carbonyl (C=O) groups is 2. The lowest BCUT2D eigenvalue weighted by atomic mass is 10.2. The minimum Gasteiger partial charge on any atom is -0.493 e. The van der Waals surface area contributed by atoms with Crippen molar-refractivity contribution in [2.24, 2.45) is 5.73 Å². The fourth-order valence-electron chi connectivity index (χ4n) is 1.34. The lowest BCUT2D eigenvalue weighted by Crippen LogP contribution is -2.36. The first kappa shape index (κ1) is 14.8. The van der Waals surface area contributed by atoms with E-state index < -0.39 is 5.91 Å². The molecule has 3 N–H and O–H groups in total. The van der Waals surface area contributed by atoms with Crippen molar-refractivity contribution in [3.63, 3.8) is 0 Å². The number of amides is 2. The Morgan fingerprint density at radius 2 is 2.00 bits per heavy atom. The Kier molecular flexibility index (Phi) is 5.13. The summed E-state index contributed by atoms with van der Waals surface area (Å²) >= 11 is 0. The molecule has 0 bridgehead atoms. The highest BCUT2D eigenvalue weighted by atomic mass is 16.5. The van der Waals surface area contributed by atoms with E-state index in [1.54, 1.807) is 26.2 Å². The van der Waals surface area contributed by atoms with Crippen LogP contribution in [0.1, 0.15) is 10.4 Å². The molecule has 104 valence electrons. The molecule has 0 fully saturated rings. The highest BCUT2D eigenvalue weighted by Crippen LogP contribution is 2.27. The molecule has 1 rings (SSSR count). The van der Waals surface area contributed by atoms with Gasteiger partial charge in [-0.2, -0.15) is 0 Å². The maximum Gasteiger partial charge on any atom is 0.265 e. The third-order valence-corrected chi connectivity index (χ3v) is 2.12. The molecule has 19 heavy (non-hydrogen) atoms. The Morgan fingerprint density at radius 3 is 2.53 bits per heavy atom. The second-order valence-electron chi connectivity index (χ2n) is 3.96. The summed E-state index contributed by atoms with van der Waals surface area (Å²) in [6, 6.07) is 4.64. The quantitative estimate of drug-likeness (QED) is 0.694. The number of rotatable bonds is 6. The summed E-state index contributed by atoms with van der Waals surface area (Å²) in [5.74, 6) is -0.156. The molecule has 7 heteroatoms. The molecule has 0 aliphatic carbocycles. The smallest absolute Gasteiger partial charge is 0.265 e. The third-order valence-electron chi connectivity index (χ3n) is 2.12. The monoisotopic (exact) mass is 267 g/mol. The van der Waals surface area contributed by atoms with Crippen LogP contribution in [0.5, 0.6) is 11.5 Å². The Hall–Kier alpha value is -2.28. The summed E-state index contributed by atoms with van der Waals surface area (Å²) in [5, 5.41) is 1.53. The van der Waals surface area contributed by atoms with Crippen molar-refractivity contribution >= 4 is 11.8 Å². The average molecular weight is 267 g/mol. The van der Waals surface area contributed by atoms with Gasteiger partial charge < -0.3 is 15.2 Å². The maximum atomic E-state index is 11.8. The summed E-state index contributed by atoms with van der Waals surface area (Å²) in [4.78, 5) is 22.4. The van der Waals surface area contributed by atoms with Gasteiger partial charge in [0.1, 0.15) is 0 Å². The van der Waals surface area contributed by atoms with Crippen molar-refractivity contribution < 1.29 is 19.1 Å². The van der Waals surface area contributed by atoms with E-state index in [9.17, 15) is 9.59 Å². The molecule has 0 saturated heterocycles. The zero-order valence-corrected chi connectivity index (χ0v) is 11.1. The number of hydrogen-bond donors (Lipinski definition) is 2. The number of nitrogens with zero attached hydrogens (tertiary/aromatic N) is 1. The minimum atomic E-state index is -0.587. The van der Waals surface area contributed by atoms with Crippen molar-refractivity contribution in [2.45, 2.75) is 0 Å². The van der Waals surface area contributed by atoms with E-state index in [1.165, 1.54) is 18.2 Å². The number of hydrazine groups is 1. The predicted molar refractivity (Wildman–Crippen MR) is 68.8 cm³/mol. The Labute approximate surface area is 111 Å². The molecular weight excluding hydrogens is 250 g/mol. The number of nitrogens with two attached hydrogens (primary N) is 1. The van der Waals surface area contributed by atoms with Gasteiger partial charge in [-0.05, 0) is 18.2 Å². The van der Waals surface area contributed by atoms with Gasteiger partial charge in [0.2, 0.25) is 0 Å². The van der Waals surface area contributed by atoms with E-state index in [2.05, 4.69) is 5.43 Å². The zero-order chi connectivity index (χ0) is 14.4. The molecule has 0 atom stereocenters. The van der Waals surface area contributed by atoms with Gasteiger partial charge in [-0.15, -0.1) is 0 Å². The van der Waals surface area contributed by atoms with Gasteiger partial charge in [0.15, 0.2) is 18.1 Å². The van der Waals surface area contributed by atoms with Crippen LogP contribution in [0.3, 0.4) is 0 Å². The molecule has 1 aromatic rings. The van der Waals surface area contributed by atoms with E-state index in [0.29, 0.717) is 17.1 Å². The Balaban J connectivity index is 2.89. The van der Waals surface area contributed by atoms with Crippen molar-refractivity contribution in [1.29, 1.82) is 0 Å². The molecular formula is C12H17N3O4. The molecule has 7 nitrogen and oxygen atoms in total. The van der Waals surface area contributed by atoms with E-state index in [4.69, 9.17) is 15.2 Å². The fourth-order valence-corrected chi connectivity index (χ4v) is 1.34. The number of ether oxygens (including phenoxy) is 2. The molecule has 0 aliphatic heterocycles. The number of carbonyl (C=O) groups excluding carboxylic acids is 2. The van der Waals surface area contributed by atoms with Crippen LogP contribution in [0, 0.1) is 0 Å². The van der Waals surface area contributed by atoms with Gasteiger partial charge in [-0.1, -0.05) is 0 Å². The van der Waals surface area contributed by atoms with Crippen LogP contribution in [0.25, 0.3) is 0 Å². The van der Waals surface area contributed by atoms with Crippen LogP contribution in [-0.4, -0.2) is 44.6 Å². The van der Waals surface area contributed by atoms with Crippen LogP contribution >= 0.6 is 0 Å². The van der Waals surface area contributed by atoms with E-state index in [-0.39, 0.29) is 12.5 Å². The van der Waals surface area contributed by atoms with Crippen molar-refractivity contribution in [2.75, 3.05) is 27.8 Å². The molecule has 0 spiro atoms. The van der Waals surface area contributed by atoms with Gasteiger partial charge in [-0.3, -0.25) is 15.0 Å². The summed E-state index contributed by atoms with van der Waals surface area (Å²) in [6.07, 6.45) is 0. The number of primary amides is 1. The number of hydrogen-bond acceptors (Lipinski definition) is 5. The normalized spacial score (nSPS) is 10.1. The van der Waals surface area contributed by atoms with Crippen molar-refractivity contribution in [1.82, 2.24) is 10.4 Å². The zero-order valence-electron chi connectivity index (χ0n) is 11.1. The first-order chi connectivity index (χ1) is 8.93. The maximum absolute atomic E-state index is 11.8. The topological polar surface area (TPSA) is 93.9 Å². The molecule has 0 radical (unpaired) electrons. The van der Waals surface area contributed by atoms with Crippen LogP contribution in [0.15, 0.2) is 18.2 Å². The number of benzene rings is 1. The van der Waals surface area contributed by atoms with Crippen molar-refractivity contribution in [3.05, 3.63) is 23.8 Å². The summed E-state index contributed by atoms with van der Waals surface area (Å²) in [6.45, 7) is -0.250. The molecule has 0 saturated carbocycles. The largest absolute Gasteiger partial charge is 0.493 e. The van der Waals surface area contributed by atoms with E-state index >= 15 is 0 Å². The van der Waals surface area contributed by atoms with Gasteiger partial charge in [0.05, 0.1) is 7.11 Å². The molecule has 0 unspecified atom stereocenters. The average Bonchev–Trinajstić information content (AvgIpc) is 2.35. The van der Waals surface area contributed by atoms with Crippen LogP contribution in [0.4, 0.5) is 0 Å². The van der Waals surface area contributed by atoms with Gasteiger partial charge in [-0.25, -0.2) is 5.01 Å². The standard InChI is InChI=1S/C12H17N3O4/c1-15(2)14-12(17)8-4-5-9(10(6-8)18-3)19-7-11(13)16/h4-6H,7H2,1-3H3,(H2,13,16)(H,14,17). The highest BCUT2D eigenvalue weighted by molar-refractivity contribution is 5.94. The van der Waals surface area contributed by atoms with E-state index in [0.717, 1.165) is 0 Å². The molecule has 0 aromatic heterocycles. The SMILES string of the molecule is COc1cc(C(=O)NN(C)C)ccc1OCC(N)=O. The first-order valence-corrected chi connectivity index (χ1v) is 5.51. The molecule has 0 heterocycles. The van der Waals surface area contributed by atoms with Gasteiger partial charge in [0.25, 0.3) is 11.8 Å². The fraction of sp³-hybridized carbons (Fsp3) is 0.333. The van der Waals surface area contributed by atoms with Crippen molar-refractivity contribution in [3.8, 4) is 11.5 Å². The van der Waals surface area contributed by atoms with E-state index in [1.807, 2.05) is 0 Å². The third kappa shape index (κ3) is 4.47. The second kappa shape index (κ2) is 6.60. The molecule has 2 amide bonds. The predicted octanol–water partition coefficient (Wildman–Crippen LogP) is -0.234. The highest BCUT2D eigenvalue weighted by Gasteiger charge is 2.12. The van der Waals surface area contributed by atoms with Crippen LogP contribution in [-0.2, 0) is 4.79 Å². The lowest BCUT2D eigenvalue weighted by molar-refractivity contribution is -0.119. The Bertz CT molecular complexity index is 474. The molecule has 1 aromatic carbocycles. The first-order valence-electron chi connectivity index (χ1n) is 5.51. The van der Waals surface area contributed by atoms with Crippen LogP contribution < -0.4 is 20.6 Å². The van der Waals surface area contributed by atoms with Gasteiger partial charge in [0, 0.05) is 19.7 Å². The Morgan fingerprint density at radius 1 is 1.32 bits per heavy atom. The molecule has 0 aliphatic rings.